The van der Waals surface area contributed by atoms with Crippen LogP contribution in [-0.4, -0.2) is 28.6 Å². The summed E-state index contributed by atoms with van der Waals surface area (Å²) >= 11 is 0. The van der Waals surface area contributed by atoms with Gasteiger partial charge in [-0.1, -0.05) is 42.5 Å². The molecule has 0 fully saturated rings. The van der Waals surface area contributed by atoms with Crippen LogP contribution in [0.15, 0.2) is 70.0 Å². The van der Waals surface area contributed by atoms with Gasteiger partial charge < -0.3 is 13.9 Å². The Morgan fingerprint density at radius 1 is 0.967 bits per heavy atom. The third-order valence-electron chi connectivity index (χ3n) is 4.73. The average Bonchev–Trinajstić information content (AvgIpc) is 3.12. The molecule has 0 saturated carbocycles. The first kappa shape index (κ1) is 19.9. The molecular formula is C22H19NO6S. The fraction of sp³-hybridized carbons (Fsp3) is 0.136. The quantitative estimate of drug-likeness (QED) is 0.462. The summed E-state index contributed by atoms with van der Waals surface area (Å²) in [5.41, 5.74) is 0.998. The number of methoxy groups -OCH3 is 2. The van der Waals surface area contributed by atoms with Crippen LogP contribution in [0.2, 0.25) is 0 Å². The minimum absolute atomic E-state index is 0.0680. The lowest BCUT2D eigenvalue weighted by Crippen LogP contribution is -2.13. The number of fused-ring (bicyclic) bond motifs is 3. The maximum atomic E-state index is 12.9. The number of hydrogen-bond acceptors (Lipinski definition) is 6. The van der Waals surface area contributed by atoms with Gasteiger partial charge in [0.1, 0.15) is 23.5 Å². The third-order valence-corrected chi connectivity index (χ3v) is 6.11. The number of carbonyl (C=O) groups excluding carboxylic acids is 1. The standard InChI is InChI=1S/C22H19NO6S/c1-27-13-19-20(22(24)28-2)17-12-18(15-10-6-7-11-16(15)21(17)29-19)23-30(25,26)14-8-4-3-5-9-14/h3-12,23H,13H2,1-2H3. The van der Waals surface area contributed by atoms with E-state index in [1.54, 1.807) is 42.5 Å². The van der Waals surface area contributed by atoms with Crippen LogP contribution in [0, 0.1) is 0 Å². The van der Waals surface area contributed by atoms with E-state index in [2.05, 4.69) is 4.72 Å². The number of ether oxygens (including phenoxy) is 2. The van der Waals surface area contributed by atoms with Crippen LogP contribution >= 0.6 is 0 Å². The summed E-state index contributed by atoms with van der Waals surface area (Å²) in [5.74, 6) is -0.277. The van der Waals surface area contributed by atoms with Crippen molar-refractivity contribution in [2.75, 3.05) is 18.9 Å². The Morgan fingerprint density at radius 3 is 2.30 bits per heavy atom. The summed E-state index contributed by atoms with van der Waals surface area (Å²) in [7, 11) is -1.07. The molecular weight excluding hydrogens is 406 g/mol. The number of hydrogen-bond donors (Lipinski definition) is 1. The molecule has 0 radical (unpaired) electrons. The van der Waals surface area contributed by atoms with Gasteiger partial charge in [-0.25, -0.2) is 13.2 Å². The molecule has 0 atom stereocenters. The zero-order valence-electron chi connectivity index (χ0n) is 16.3. The van der Waals surface area contributed by atoms with Crippen molar-refractivity contribution < 1.29 is 27.1 Å². The second-order valence-corrected chi connectivity index (χ2v) is 8.27. The first-order chi connectivity index (χ1) is 14.5. The van der Waals surface area contributed by atoms with E-state index < -0.39 is 16.0 Å². The van der Waals surface area contributed by atoms with E-state index in [4.69, 9.17) is 13.9 Å². The highest BCUT2D eigenvalue weighted by atomic mass is 32.2. The summed E-state index contributed by atoms with van der Waals surface area (Å²) in [6.45, 7) is 0.0680. The van der Waals surface area contributed by atoms with Crippen molar-refractivity contribution in [1.82, 2.24) is 0 Å². The normalized spacial score (nSPS) is 11.7. The number of esters is 1. The monoisotopic (exact) mass is 425 g/mol. The molecule has 0 aliphatic heterocycles. The molecule has 3 aromatic carbocycles. The van der Waals surface area contributed by atoms with Crippen LogP contribution in [0.4, 0.5) is 5.69 Å². The molecule has 7 nitrogen and oxygen atoms in total. The van der Waals surface area contributed by atoms with Gasteiger partial charge in [-0.15, -0.1) is 0 Å². The molecule has 154 valence electrons. The second-order valence-electron chi connectivity index (χ2n) is 6.59. The van der Waals surface area contributed by atoms with Gasteiger partial charge in [0.2, 0.25) is 0 Å². The van der Waals surface area contributed by atoms with Gasteiger partial charge in [-0.2, -0.15) is 0 Å². The van der Waals surface area contributed by atoms with Gasteiger partial charge in [0, 0.05) is 23.3 Å². The number of furan rings is 1. The molecule has 0 amide bonds. The molecule has 0 aliphatic carbocycles. The van der Waals surface area contributed by atoms with Gasteiger partial charge in [0.15, 0.2) is 0 Å². The Bertz CT molecular complexity index is 1340. The van der Waals surface area contributed by atoms with Crippen molar-refractivity contribution in [2.24, 2.45) is 0 Å². The average molecular weight is 425 g/mol. The molecule has 0 bridgehead atoms. The fourth-order valence-corrected chi connectivity index (χ4v) is 4.51. The van der Waals surface area contributed by atoms with E-state index >= 15 is 0 Å². The summed E-state index contributed by atoms with van der Waals surface area (Å²) < 4.78 is 44.5. The Balaban J connectivity index is 1.98. The largest absolute Gasteiger partial charge is 0.465 e. The fourth-order valence-electron chi connectivity index (χ4n) is 3.42. The summed E-state index contributed by atoms with van der Waals surface area (Å²) in [4.78, 5) is 12.6. The third kappa shape index (κ3) is 3.40. The number of benzene rings is 3. The molecule has 8 heteroatoms. The second kappa shape index (κ2) is 7.81. The molecule has 0 unspecified atom stereocenters. The molecule has 4 aromatic rings. The molecule has 0 spiro atoms. The van der Waals surface area contributed by atoms with E-state index in [0.717, 1.165) is 0 Å². The molecule has 1 aromatic heterocycles. The molecule has 0 aliphatic rings. The Kier molecular flexibility index (Phi) is 5.19. The number of sulfonamides is 1. The van der Waals surface area contributed by atoms with E-state index in [0.29, 0.717) is 33.2 Å². The SMILES string of the molecule is COCc1oc2c(cc(NS(=O)(=O)c3ccccc3)c3ccccc32)c1C(=O)OC. The first-order valence-corrected chi connectivity index (χ1v) is 10.6. The van der Waals surface area contributed by atoms with Crippen LogP contribution in [0.5, 0.6) is 0 Å². The lowest BCUT2D eigenvalue weighted by atomic mass is 10.0. The predicted octanol–water partition coefficient (Wildman–Crippen LogP) is 4.32. The smallest absolute Gasteiger partial charge is 0.342 e. The highest BCUT2D eigenvalue weighted by Crippen LogP contribution is 2.38. The summed E-state index contributed by atoms with van der Waals surface area (Å²) in [5, 5.41) is 1.74. The molecule has 1 heterocycles. The van der Waals surface area contributed by atoms with E-state index in [1.165, 1.54) is 26.4 Å². The van der Waals surface area contributed by atoms with Crippen molar-refractivity contribution in [3.63, 3.8) is 0 Å². The van der Waals surface area contributed by atoms with E-state index in [1.807, 2.05) is 6.07 Å². The number of rotatable bonds is 6. The summed E-state index contributed by atoms with van der Waals surface area (Å²) in [6, 6.07) is 16.9. The van der Waals surface area contributed by atoms with Crippen molar-refractivity contribution >= 4 is 43.4 Å². The number of carbonyl (C=O) groups is 1. The molecule has 1 N–H and O–H groups in total. The highest BCUT2D eigenvalue weighted by Gasteiger charge is 2.25. The molecule has 0 saturated heterocycles. The Labute approximate surface area is 173 Å². The van der Waals surface area contributed by atoms with Crippen LogP contribution < -0.4 is 4.72 Å². The van der Waals surface area contributed by atoms with Crippen LogP contribution in [0.25, 0.3) is 21.7 Å². The maximum Gasteiger partial charge on any atom is 0.342 e. The van der Waals surface area contributed by atoms with E-state index in [-0.39, 0.29) is 17.1 Å². The first-order valence-electron chi connectivity index (χ1n) is 9.08. The highest BCUT2D eigenvalue weighted by molar-refractivity contribution is 7.92. The maximum absolute atomic E-state index is 12.9. The van der Waals surface area contributed by atoms with Gasteiger partial charge in [-0.05, 0) is 18.2 Å². The van der Waals surface area contributed by atoms with Gasteiger partial charge in [0.25, 0.3) is 10.0 Å². The van der Waals surface area contributed by atoms with Crippen molar-refractivity contribution in [3.05, 3.63) is 72.0 Å². The molecule has 30 heavy (non-hydrogen) atoms. The zero-order chi connectivity index (χ0) is 21.3. The van der Waals surface area contributed by atoms with E-state index in [9.17, 15) is 13.2 Å². The Hall–Kier alpha value is -3.36. The minimum Gasteiger partial charge on any atom is -0.465 e. The predicted molar refractivity (Wildman–Crippen MR) is 113 cm³/mol. The van der Waals surface area contributed by atoms with Crippen LogP contribution in [-0.2, 0) is 26.1 Å². The topological polar surface area (TPSA) is 94.8 Å². The minimum atomic E-state index is -3.84. The van der Waals surface area contributed by atoms with Gasteiger partial charge >= 0.3 is 5.97 Å². The number of anilines is 1. The lowest BCUT2D eigenvalue weighted by molar-refractivity contribution is 0.0594. The van der Waals surface area contributed by atoms with Crippen molar-refractivity contribution in [2.45, 2.75) is 11.5 Å². The lowest BCUT2D eigenvalue weighted by Gasteiger charge is -2.12. The van der Waals surface area contributed by atoms with Crippen molar-refractivity contribution in [1.29, 1.82) is 0 Å². The summed E-state index contributed by atoms with van der Waals surface area (Å²) in [6.07, 6.45) is 0. The Morgan fingerprint density at radius 2 is 1.63 bits per heavy atom. The molecule has 4 rings (SSSR count). The number of nitrogens with one attached hydrogen (secondary N) is 1. The van der Waals surface area contributed by atoms with Crippen LogP contribution in [0.3, 0.4) is 0 Å². The van der Waals surface area contributed by atoms with Crippen LogP contribution in [0.1, 0.15) is 16.1 Å². The van der Waals surface area contributed by atoms with Gasteiger partial charge in [-0.3, -0.25) is 4.72 Å². The zero-order valence-corrected chi connectivity index (χ0v) is 17.2. The van der Waals surface area contributed by atoms with Gasteiger partial charge in [0.05, 0.1) is 17.7 Å². The van der Waals surface area contributed by atoms with Crippen molar-refractivity contribution in [3.8, 4) is 0 Å².